The fourth-order valence-electron chi connectivity index (χ4n) is 2.71. The third kappa shape index (κ3) is 5.12. The monoisotopic (exact) mass is 388 g/mol. The highest BCUT2D eigenvalue weighted by molar-refractivity contribution is 6.08. The van der Waals surface area contributed by atoms with Crippen molar-refractivity contribution in [2.45, 2.75) is 39.7 Å². The van der Waals surface area contributed by atoms with E-state index >= 15 is 0 Å². The van der Waals surface area contributed by atoms with Crippen LogP contribution in [0.3, 0.4) is 0 Å². The van der Waals surface area contributed by atoms with E-state index in [0.717, 1.165) is 16.9 Å². The molecule has 1 saturated heterocycles. The molecule has 1 aromatic carbocycles. The minimum Gasteiger partial charge on any atom is -0.489 e. The van der Waals surface area contributed by atoms with Crippen molar-refractivity contribution in [2.75, 3.05) is 19.8 Å². The first-order valence-electron chi connectivity index (χ1n) is 9.31. The molecular formula is C21H28N2O5. The van der Waals surface area contributed by atoms with Crippen LogP contribution in [0.5, 0.6) is 5.75 Å². The number of urea groups is 1. The second kappa shape index (κ2) is 8.91. The number of hydrogen-bond acceptors (Lipinski definition) is 5. The average Bonchev–Trinajstić information content (AvgIpc) is 2.84. The summed E-state index contributed by atoms with van der Waals surface area (Å²) in [6, 6.07) is 6.28. The molecule has 0 radical (unpaired) electrons. The molecule has 0 saturated carbocycles. The van der Waals surface area contributed by atoms with Crippen molar-refractivity contribution in [2.24, 2.45) is 5.92 Å². The first-order valence-corrected chi connectivity index (χ1v) is 9.31. The van der Waals surface area contributed by atoms with E-state index in [1.807, 2.05) is 20.8 Å². The molecule has 1 N–H and O–H groups in total. The zero-order chi connectivity index (χ0) is 20.9. The van der Waals surface area contributed by atoms with Gasteiger partial charge in [0.1, 0.15) is 24.4 Å². The highest BCUT2D eigenvalue weighted by Gasteiger charge is 2.49. The Kier molecular flexibility index (Phi) is 6.83. The summed E-state index contributed by atoms with van der Waals surface area (Å²) in [5.41, 5.74) is 0.247. The first kappa shape index (κ1) is 21.5. The van der Waals surface area contributed by atoms with Crippen LogP contribution in [0.1, 0.15) is 39.7 Å². The quantitative estimate of drug-likeness (QED) is 0.399. The van der Waals surface area contributed by atoms with Crippen molar-refractivity contribution in [3.05, 3.63) is 42.0 Å². The minimum atomic E-state index is -1.25. The number of carbonyl (C=O) groups excluding carboxylic acids is 3. The molecule has 1 fully saturated rings. The number of rotatable bonds is 9. The topological polar surface area (TPSA) is 84.9 Å². The number of nitrogens with zero attached hydrogens (tertiary/aromatic N) is 1. The van der Waals surface area contributed by atoms with Crippen LogP contribution in [-0.2, 0) is 19.9 Å². The van der Waals surface area contributed by atoms with Crippen LogP contribution in [0.25, 0.3) is 0 Å². The summed E-state index contributed by atoms with van der Waals surface area (Å²) in [4.78, 5) is 38.0. The Morgan fingerprint density at radius 1 is 1.25 bits per heavy atom. The summed E-state index contributed by atoms with van der Waals surface area (Å²) < 4.78 is 10.7. The molecule has 1 aromatic rings. The van der Waals surface area contributed by atoms with E-state index in [1.54, 1.807) is 31.2 Å². The molecule has 1 aliphatic rings. The maximum absolute atomic E-state index is 12.8. The van der Waals surface area contributed by atoms with Gasteiger partial charge in [-0.1, -0.05) is 32.6 Å². The van der Waals surface area contributed by atoms with Crippen LogP contribution >= 0.6 is 0 Å². The van der Waals surface area contributed by atoms with Crippen LogP contribution in [0.15, 0.2) is 36.4 Å². The number of ether oxygens (including phenoxy) is 2. The fraction of sp³-hybridized carbons (Fsp3) is 0.476. The zero-order valence-electron chi connectivity index (χ0n) is 16.9. The van der Waals surface area contributed by atoms with Crippen LogP contribution in [0, 0.1) is 5.92 Å². The van der Waals surface area contributed by atoms with Crippen molar-refractivity contribution >= 4 is 17.9 Å². The lowest BCUT2D eigenvalue weighted by Gasteiger charge is -2.22. The largest absolute Gasteiger partial charge is 0.489 e. The molecule has 152 valence electrons. The number of hydrogen-bond donors (Lipinski definition) is 1. The normalized spacial score (nSPS) is 19.0. The summed E-state index contributed by atoms with van der Waals surface area (Å²) in [5.74, 6) is -0.0567. The van der Waals surface area contributed by atoms with Gasteiger partial charge in [0.25, 0.3) is 5.91 Å². The van der Waals surface area contributed by atoms with Gasteiger partial charge in [-0.3, -0.25) is 14.5 Å². The van der Waals surface area contributed by atoms with E-state index in [-0.39, 0.29) is 6.61 Å². The number of amides is 3. The number of nitrogens with one attached hydrogen (secondary N) is 1. The smallest absolute Gasteiger partial charge is 0.326 e. The fourth-order valence-corrected chi connectivity index (χ4v) is 2.71. The molecule has 1 unspecified atom stereocenters. The van der Waals surface area contributed by atoms with Gasteiger partial charge in [-0.25, -0.2) is 4.79 Å². The molecule has 0 aliphatic carbocycles. The Morgan fingerprint density at radius 3 is 2.46 bits per heavy atom. The zero-order valence-corrected chi connectivity index (χ0v) is 16.9. The van der Waals surface area contributed by atoms with Crippen molar-refractivity contribution in [3.63, 3.8) is 0 Å². The lowest BCUT2D eigenvalue weighted by molar-refractivity contribution is -0.148. The highest BCUT2D eigenvalue weighted by atomic mass is 16.5. The van der Waals surface area contributed by atoms with Gasteiger partial charge in [-0.05, 0) is 49.5 Å². The second-order valence-electron chi connectivity index (χ2n) is 7.62. The molecule has 7 heteroatoms. The van der Waals surface area contributed by atoms with Gasteiger partial charge in [0.2, 0.25) is 0 Å². The van der Waals surface area contributed by atoms with E-state index in [0.29, 0.717) is 23.8 Å². The van der Waals surface area contributed by atoms with Crippen LogP contribution < -0.4 is 10.1 Å². The van der Waals surface area contributed by atoms with Crippen LogP contribution in [0.2, 0.25) is 0 Å². The molecule has 1 atom stereocenters. The third-order valence-electron chi connectivity index (χ3n) is 4.44. The summed E-state index contributed by atoms with van der Waals surface area (Å²) in [7, 11) is 0. The maximum Gasteiger partial charge on any atom is 0.326 e. The van der Waals surface area contributed by atoms with Gasteiger partial charge < -0.3 is 14.8 Å². The lowest BCUT2D eigenvalue weighted by atomic mass is 9.92. The molecule has 3 amide bonds. The molecule has 2 rings (SSSR count). The Labute approximate surface area is 165 Å². The summed E-state index contributed by atoms with van der Waals surface area (Å²) in [6.07, 6.45) is 0.726. The van der Waals surface area contributed by atoms with Crippen LogP contribution in [-0.4, -0.2) is 42.6 Å². The molecular weight excluding hydrogens is 360 g/mol. The predicted molar refractivity (Wildman–Crippen MR) is 105 cm³/mol. The summed E-state index contributed by atoms with van der Waals surface area (Å²) in [5, 5.41) is 2.67. The minimum absolute atomic E-state index is 0.267. The van der Waals surface area contributed by atoms with Gasteiger partial charge in [-0.2, -0.15) is 0 Å². The SMILES string of the molecule is C=C(C)COc1ccc(C2(C)NC(=O)N(CC(=O)OCCC(C)C)C2=O)cc1. The van der Waals surface area contributed by atoms with E-state index in [9.17, 15) is 14.4 Å². The Balaban J connectivity index is 2.04. The Bertz CT molecular complexity index is 757. The Morgan fingerprint density at radius 2 is 1.89 bits per heavy atom. The number of carbonyl (C=O) groups is 3. The van der Waals surface area contributed by atoms with Crippen molar-refractivity contribution < 1.29 is 23.9 Å². The standard InChI is InChI=1S/C21H28N2O5/c1-14(2)10-11-27-18(24)12-23-19(25)21(5,22-20(23)26)16-6-8-17(9-7-16)28-13-15(3)4/h6-9,14H,3,10-13H2,1-2,4-5H3,(H,22,26). The molecule has 28 heavy (non-hydrogen) atoms. The first-order chi connectivity index (χ1) is 13.1. The predicted octanol–water partition coefficient (Wildman–Crippen LogP) is 3.00. The van der Waals surface area contributed by atoms with Gasteiger partial charge in [0, 0.05) is 0 Å². The molecule has 7 nitrogen and oxygen atoms in total. The summed E-state index contributed by atoms with van der Waals surface area (Å²) in [6.45, 7) is 11.6. The van der Waals surface area contributed by atoms with E-state index < -0.39 is 30.0 Å². The molecule has 0 bridgehead atoms. The maximum atomic E-state index is 12.8. The molecule has 1 heterocycles. The van der Waals surface area contributed by atoms with Crippen molar-refractivity contribution in [1.82, 2.24) is 10.2 Å². The van der Waals surface area contributed by atoms with Gasteiger partial charge in [0.05, 0.1) is 6.61 Å². The number of benzene rings is 1. The van der Waals surface area contributed by atoms with Crippen molar-refractivity contribution in [1.29, 1.82) is 0 Å². The van der Waals surface area contributed by atoms with Gasteiger partial charge >= 0.3 is 12.0 Å². The number of imide groups is 1. The van der Waals surface area contributed by atoms with E-state index in [4.69, 9.17) is 9.47 Å². The highest BCUT2D eigenvalue weighted by Crippen LogP contribution is 2.30. The van der Waals surface area contributed by atoms with Crippen LogP contribution in [0.4, 0.5) is 4.79 Å². The van der Waals surface area contributed by atoms with Gasteiger partial charge in [-0.15, -0.1) is 0 Å². The molecule has 1 aliphatic heterocycles. The van der Waals surface area contributed by atoms with E-state index in [1.165, 1.54) is 0 Å². The molecule has 0 spiro atoms. The van der Waals surface area contributed by atoms with Crippen molar-refractivity contribution in [3.8, 4) is 5.75 Å². The third-order valence-corrected chi connectivity index (χ3v) is 4.44. The average molecular weight is 388 g/mol. The van der Waals surface area contributed by atoms with E-state index in [2.05, 4.69) is 11.9 Å². The number of esters is 1. The van der Waals surface area contributed by atoms with Gasteiger partial charge in [0.15, 0.2) is 0 Å². The second-order valence-corrected chi connectivity index (χ2v) is 7.62. The Hall–Kier alpha value is -2.83. The lowest BCUT2D eigenvalue weighted by Crippen LogP contribution is -2.41. The molecule has 0 aromatic heterocycles. The summed E-state index contributed by atoms with van der Waals surface area (Å²) >= 11 is 0.